The third-order valence-electron chi connectivity index (χ3n) is 4.51. The molecule has 6 heteroatoms. The highest BCUT2D eigenvalue weighted by molar-refractivity contribution is 7.98. The van der Waals surface area contributed by atoms with Crippen LogP contribution >= 0.6 is 23.4 Å². The number of pyridine rings is 1. The van der Waals surface area contributed by atoms with Gasteiger partial charge >= 0.3 is 5.69 Å². The third kappa shape index (κ3) is 3.69. The van der Waals surface area contributed by atoms with Crippen LogP contribution in [0.4, 0.5) is 0 Å². The zero-order valence-corrected chi connectivity index (χ0v) is 15.8. The highest BCUT2D eigenvalue weighted by Crippen LogP contribution is 2.31. The number of nitrogens with zero attached hydrogens (tertiary/aromatic N) is 3. The van der Waals surface area contributed by atoms with Crippen LogP contribution in [0.3, 0.4) is 0 Å². The van der Waals surface area contributed by atoms with E-state index in [1.54, 1.807) is 22.5 Å². The second-order valence-corrected chi connectivity index (χ2v) is 7.70. The van der Waals surface area contributed by atoms with Gasteiger partial charge in [-0.15, -0.1) is 11.8 Å². The van der Waals surface area contributed by atoms with Gasteiger partial charge in [0.25, 0.3) is 0 Å². The van der Waals surface area contributed by atoms with Crippen molar-refractivity contribution in [1.29, 1.82) is 0 Å². The molecule has 3 aromatic rings. The maximum absolute atomic E-state index is 12.7. The lowest BCUT2D eigenvalue weighted by atomic mass is 10.2. The first-order chi connectivity index (χ1) is 12.7. The average molecular weight is 384 g/mol. The van der Waals surface area contributed by atoms with Crippen molar-refractivity contribution in [3.8, 4) is 0 Å². The Morgan fingerprint density at radius 1 is 1.15 bits per heavy atom. The fraction of sp³-hybridized carbons (Fsp3) is 0.250. The van der Waals surface area contributed by atoms with E-state index in [-0.39, 0.29) is 5.69 Å². The van der Waals surface area contributed by atoms with Gasteiger partial charge in [0.05, 0.1) is 12.2 Å². The van der Waals surface area contributed by atoms with Gasteiger partial charge in [0.1, 0.15) is 5.03 Å². The maximum Gasteiger partial charge on any atom is 0.349 e. The molecule has 0 amide bonds. The molecule has 0 bridgehead atoms. The summed E-state index contributed by atoms with van der Waals surface area (Å²) >= 11 is 7.68. The molecular weight excluding hydrogens is 366 g/mol. The normalized spacial score (nSPS) is 13.0. The molecule has 4 rings (SSSR count). The van der Waals surface area contributed by atoms with Crippen LogP contribution < -0.4 is 5.69 Å². The van der Waals surface area contributed by atoms with Crippen molar-refractivity contribution in [3.63, 3.8) is 0 Å². The molecular formula is C20H18ClN3OS. The second-order valence-electron chi connectivity index (χ2n) is 6.30. The molecule has 0 spiro atoms. The second kappa shape index (κ2) is 7.64. The van der Waals surface area contributed by atoms with Gasteiger partial charge in [0, 0.05) is 28.2 Å². The molecule has 2 aromatic heterocycles. The Labute approximate surface area is 161 Å². The maximum atomic E-state index is 12.7. The summed E-state index contributed by atoms with van der Waals surface area (Å²) in [6, 6.07) is 13.6. The van der Waals surface area contributed by atoms with E-state index < -0.39 is 0 Å². The van der Waals surface area contributed by atoms with E-state index in [4.69, 9.17) is 11.6 Å². The van der Waals surface area contributed by atoms with E-state index in [2.05, 4.69) is 9.97 Å². The molecule has 0 unspecified atom stereocenters. The highest BCUT2D eigenvalue weighted by atomic mass is 35.5. The van der Waals surface area contributed by atoms with Gasteiger partial charge in [-0.05, 0) is 49.1 Å². The topological polar surface area (TPSA) is 47.8 Å². The number of thioether (sulfide) groups is 1. The zero-order valence-electron chi connectivity index (χ0n) is 14.2. The van der Waals surface area contributed by atoms with E-state index in [0.29, 0.717) is 6.54 Å². The number of hydrogen-bond acceptors (Lipinski definition) is 4. The van der Waals surface area contributed by atoms with E-state index >= 15 is 0 Å². The fourth-order valence-electron chi connectivity index (χ4n) is 3.30. The number of aromatic nitrogens is 3. The van der Waals surface area contributed by atoms with Gasteiger partial charge in [0.15, 0.2) is 0 Å². The van der Waals surface area contributed by atoms with Crippen LogP contribution in [0.1, 0.15) is 28.9 Å². The van der Waals surface area contributed by atoms with Gasteiger partial charge < -0.3 is 0 Å². The van der Waals surface area contributed by atoms with Crippen LogP contribution in [0, 0.1) is 0 Å². The Balaban J connectivity index is 1.62. The smallest absolute Gasteiger partial charge is 0.290 e. The lowest BCUT2D eigenvalue weighted by molar-refractivity contribution is 0.656. The number of benzene rings is 1. The largest absolute Gasteiger partial charge is 0.349 e. The van der Waals surface area contributed by atoms with Crippen LogP contribution in [-0.4, -0.2) is 14.5 Å². The third-order valence-corrected chi connectivity index (χ3v) is 5.84. The molecule has 0 radical (unpaired) electrons. The minimum Gasteiger partial charge on any atom is -0.290 e. The Hall–Kier alpha value is -2.11. The first-order valence-corrected chi connectivity index (χ1v) is 9.97. The van der Waals surface area contributed by atoms with Crippen LogP contribution in [0.15, 0.2) is 58.5 Å². The Morgan fingerprint density at radius 3 is 2.88 bits per heavy atom. The standard InChI is InChI=1S/C20H18ClN3OS/c21-15-6-3-5-14(11-15)13-26-19-17-8-4-9-18(17)24(20(25)23-19)12-16-7-1-2-10-22-16/h1-3,5-7,10-11H,4,8-9,12-13H2. The first-order valence-electron chi connectivity index (χ1n) is 8.60. The van der Waals surface area contributed by atoms with E-state index in [1.165, 1.54) is 5.56 Å². The summed E-state index contributed by atoms with van der Waals surface area (Å²) in [7, 11) is 0. The van der Waals surface area contributed by atoms with Gasteiger partial charge in [-0.25, -0.2) is 4.79 Å². The van der Waals surface area contributed by atoms with Gasteiger partial charge in [0.2, 0.25) is 0 Å². The van der Waals surface area contributed by atoms with E-state index in [1.807, 2.05) is 42.5 Å². The van der Waals surface area contributed by atoms with E-state index in [0.717, 1.165) is 52.0 Å². The molecule has 0 aliphatic heterocycles. The number of halogens is 1. The molecule has 2 heterocycles. The number of fused-ring (bicyclic) bond motifs is 1. The Bertz CT molecular complexity index is 988. The Morgan fingerprint density at radius 2 is 2.08 bits per heavy atom. The monoisotopic (exact) mass is 383 g/mol. The molecule has 0 atom stereocenters. The molecule has 26 heavy (non-hydrogen) atoms. The predicted molar refractivity (Wildman–Crippen MR) is 105 cm³/mol. The van der Waals surface area contributed by atoms with Crippen molar-refractivity contribution in [1.82, 2.24) is 14.5 Å². The summed E-state index contributed by atoms with van der Waals surface area (Å²) in [5.41, 5.74) is 4.15. The quantitative estimate of drug-likeness (QED) is 0.491. The minimum atomic E-state index is -0.190. The van der Waals surface area contributed by atoms with Gasteiger partial charge in [-0.3, -0.25) is 9.55 Å². The summed E-state index contributed by atoms with van der Waals surface area (Å²) in [4.78, 5) is 21.4. The van der Waals surface area contributed by atoms with Crippen LogP contribution in [-0.2, 0) is 25.1 Å². The fourth-order valence-corrected chi connectivity index (χ4v) is 4.53. The molecule has 4 nitrogen and oxygen atoms in total. The lowest BCUT2D eigenvalue weighted by Gasteiger charge is -2.14. The molecule has 0 fully saturated rings. The van der Waals surface area contributed by atoms with Crippen molar-refractivity contribution < 1.29 is 0 Å². The molecule has 1 aliphatic rings. The van der Waals surface area contributed by atoms with Crippen molar-refractivity contribution >= 4 is 23.4 Å². The summed E-state index contributed by atoms with van der Waals surface area (Å²) in [6.45, 7) is 0.480. The number of rotatable bonds is 5. The SMILES string of the molecule is O=c1nc(SCc2cccc(Cl)c2)c2c(n1Cc1ccccn1)CCC2. The summed E-state index contributed by atoms with van der Waals surface area (Å²) in [5, 5.41) is 1.59. The lowest BCUT2D eigenvalue weighted by Crippen LogP contribution is -2.28. The van der Waals surface area contributed by atoms with Crippen LogP contribution in [0.5, 0.6) is 0 Å². The highest BCUT2D eigenvalue weighted by Gasteiger charge is 2.22. The van der Waals surface area contributed by atoms with Gasteiger partial charge in [-0.2, -0.15) is 4.98 Å². The molecule has 0 N–H and O–H groups in total. The van der Waals surface area contributed by atoms with Crippen molar-refractivity contribution in [3.05, 3.63) is 86.7 Å². The molecule has 0 saturated carbocycles. The minimum absolute atomic E-state index is 0.190. The molecule has 0 saturated heterocycles. The number of hydrogen-bond donors (Lipinski definition) is 0. The van der Waals surface area contributed by atoms with Crippen LogP contribution in [0.25, 0.3) is 0 Å². The summed E-state index contributed by atoms with van der Waals surface area (Å²) < 4.78 is 1.79. The Kier molecular flexibility index (Phi) is 5.09. The predicted octanol–water partition coefficient (Wildman–Crippen LogP) is 4.12. The first kappa shape index (κ1) is 17.3. The molecule has 132 valence electrons. The van der Waals surface area contributed by atoms with Crippen LogP contribution in [0.2, 0.25) is 5.02 Å². The molecule has 1 aromatic carbocycles. The van der Waals surface area contributed by atoms with Gasteiger partial charge in [-0.1, -0.05) is 29.8 Å². The zero-order chi connectivity index (χ0) is 17.9. The van der Waals surface area contributed by atoms with Crippen molar-refractivity contribution in [2.45, 2.75) is 36.6 Å². The average Bonchev–Trinajstić information content (AvgIpc) is 3.13. The summed E-state index contributed by atoms with van der Waals surface area (Å²) in [6.07, 6.45) is 4.71. The van der Waals surface area contributed by atoms with E-state index in [9.17, 15) is 4.79 Å². The van der Waals surface area contributed by atoms with Crippen molar-refractivity contribution in [2.75, 3.05) is 0 Å². The summed E-state index contributed by atoms with van der Waals surface area (Å²) in [5.74, 6) is 0.754. The molecule has 1 aliphatic carbocycles. The van der Waals surface area contributed by atoms with Crippen molar-refractivity contribution in [2.24, 2.45) is 0 Å².